The van der Waals surface area contributed by atoms with Gasteiger partial charge in [-0.25, -0.2) is 4.39 Å². The van der Waals surface area contributed by atoms with E-state index in [1.165, 1.54) is 12.1 Å². The highest BCUT2D eigenvalue weighted by Crippen LogP contribution is 2.22. The Balaban J connectivity index is 2.01. The third-order valence-corrected chi connectivity index (χ3v) is 3.32. The van der Waals surface area contributed by atoms with E-state index in [0.29, 0.717) is 19.7 Å². The summed E-state index contributed by atoms with van der Waals surface area (Å²) in [5.74, 6) is -1.12. The molecule has 104 valence electrons. The summed E-state index contributed by atoms with van der Waals surface area (Å²) in [4.78, 5) is 13.9. The molecule has 0 radical (unpaired) electrons. The van der Waals surface area contributed by atoms with Gasteiger partial charge in [0.15, 0.2) is 0 Å². The molecule has 1 saturated heterocycles. The van der Waals surface area contributed by atoms with Crippen molar-refractivity contribution >= 4 is 5.91 Å². The van der Waals surface area contributed by atoms with Crippen molar-refractivity contribution in [2.75, 3.05) is 19.7 Å². The number of piperidine rings is 1. The third-order valence-electron chi connectivity index (χ3n) is 3.32. The molecular weight excluding hydrogens is 249 g/mol. The van der Waals surface area contributed by atoms with Crippen LogP contribution in [-0.2, 0) is 4.74 Å². The van der Waals surface area contributed by atoms with E-state index >= 15 is 0 Å². The zero-order valence-corrected chi connectivity index (χ0v) is 10.9. The first-order valence-corrected chi connectivity index (χ1v) is 6.51. The number of amides is 1. The molecule has 0 bridgehead atoms. The molecule has 19 heavy (non-hydrogen) atoms. The number of phenols is 1. The van der Waals surface area contributed by atoms with Crippen LogP contribution in [0.1, 0.15) is 30.1 Å². The Bertz CT molecular complexity index is 456. The average molecular weight is 267 g/mol. The molecule has 1 aliphatic heterocycles. The number of likely N-dealkylation sites (tertiary alicyclic amines) is 1. The Morgan fingerprint density at radius 2 is 2.16 bits per heavy atom. The zero-order valence-electron chi connectivity index (χ0n) is 10.9. The number of phenolic OH excluding ortho intramolecular Hbond substituents is 1. The number of carbonyl (C=O) groups is 1. The van der Waals surface area contributed by atoms with Gasteiger partial charge >= 0.3 is 0 Å². The Hall–Kier alpha value is -1.62. The normalized spacial score (nSPS) is 16.6. The fourth-order valence-electron chi connectivity index (χ4n) is 2.32. The number of hydrogen-bond acceptors (Lipinski definition) is 3. The fourth-order valence-corrected chi connectivity index (χ4v) is 2.32. The van der Waals surface area contributed by atoms with Gasteiger partial charge in [-0.2, -0.15) is 0 Å². The van der Waals surface area contributed by atoms with Crippen molar-refractivity contribution in [1.29, 1.82) is 0 Å². The number of nitrogens with zero attached hydrogens (tertiary/aromatic N) is 1. The van der Waals surface area contributed by atoms with Crippen LogP contribution in [0, 0.1) is 5.82 Å². The van der Waals surface area contributed by atoms with E-state index in [1.54, 1.807) is 4.90 Å². The molecule has 1 fully saturated rings. The van der Waals surface area contributed by atoms with Crippen molar-refractivity contribution in [3.63, 3.8) is 0 Å². The Kier molecular flexibility index (Phi) is 4.37. The number of carbonyl (C=O) groups excluding carboxylic acids is 1. The molecule has 1 N–H and O–H groups in total. The minimum atomic E-state index is -0.552. The van der Waals surface area contributed by atoms with Crippen LogP contribution in [-0.4, -0.2) is 41.7 Å². The van der Waals surface area contributed by atoms with Crippen LogP contribution in [0.4, 0.5) is 4.39 Å². The lowest BCUT2D eigenvalue weighted by Crippen LogP contribution is -2.40. The molecule has 1 aromatic rings. The van der Waals surface area contributed by atoms with Gasteiger partial charge in [0.2, 0.25) is 0 Å². The van der Waals surface area contributed by atoms with Crippen molar-refractivity contribution < 1.29 is 19.0 Å². The van der Waals surface area contributed by atoms with E-state index in [9.17, 15) is 14.3 Å². The zero-order chi connectivity index (χ0) is 13.8. The van der Waals surface area contributed by atoms with E-state index in [0.717, 1.165) is 18.9 Å². The first-order chi connectivity index (χ1) is 9.11. The maximum absolute atomic E-state index is 12.9. The quantitative estimate of drug-likeness (QED) is 0.913. The lowest BCUT2D eigenvalue weighted by molar-refractivity contribution is 0.0145. The molecule has 0 spiro atoms. The highest BCUT2D eigenvalue weighted by Gasteiger charge is 2.25. The number of halogens is 1. The topological polar surface area (TPSA) is 49.8 Å². The first kappa shape index (κ1) is 13.8. The molecule has 0 unspecified atom stereocenters. The molecular formula is C14H18FNO3. The van der Waals surface area contributed by atoms with Crippen LogP contribution >= 0.6 is 0 Å². The number of aromatic hydroxyl groups is 1. The standard InChI is InChI=1S/C14H18FNO3/c1-2-19-11-5-7-16(8-6-11)14(18)12-4-3-10(15)9-13(12)17/h3-4,9,11,17H,2,5-8H2,1H3. The van der Waals surface area contributed by atoms with Gasteiger partial charge in [0.25, 0.3) is 5.91 Å². The second kappa shape index (κ2) is 6.02. The molecule has 1 aromatic carbocycles. The van der Waals surface area contributed by atoms with E-state index in [2.05, 4.69) is 0 Å². The average Bonchev–Trinajstić information content (AvgIpc) is 2.39. The highest BCUT2D eigenvalue weighted by atomic mass is 19.1. The van der Waals surface area contributed by atoms with Gasteiger partial charge < -0.3 is 14.7 Å². The third kappa shape index (κ3) is 3.23. The minimum absolute atomic E-state index is 0.149. The maximum Gasteiger partial charge on any atom is 0.257 e. The van der Waals surface area contributed by atoms with E-state index in [-0.39, 0.29) is 23.3 Å². The number of benzene rings is 1. The van der Waals surface area contributed by atoms with Crippen LogP contribution in [0.15, 0.2) is 18.2 Å². The van der Waals surface area contributed by atoms with Gasteiger partial charge in [0, 0.05) is 25.8 Å². The molecule has 4 nitrogen and oxygen atoms in total. The molecule has 0 aromatic heterocycles. The van der Waals surface area contributed by atoms with Crippen LogP contribution in [0.3, 0.4) is 0 Å². The lowest BCUT2D eigenvalue weighted by atomic mass is 10.1. The first-order valence-electron chi connectivity index (χ1n) is 6.51. The SMILES string of the molecule is CCOC1CCN(C(=O)c2ccc(F)cc2O)CC1. The summed E-state index contributed by atoms with van der Waals surface area (Å²) < 4.78 is 18.4. The van der Waals surface area contributed by atoms with Crippen molar-refractivity contribution in [1.82, 2.24) is 4.90 Å². The summed E-state index contributed by atoms with van der Waals surface area (Å²) in [6.07, 6.45) is 1.79. The summed E-state index contributed by atoms with van der Waals surface area (Å²) in [7, 11) is 0. The van der Waals surface area contributed by atoms with Gasteiger partial charge in [-0.1, -0.05) is 0 Å². The molecule has 1 heterocycles. The van der Waals surface area contributed by atoms with E-state index in [4.69, 9.17) is 4.74 Å². The number of ether oxygens (including phenoxy) is 1. The van der Waals surface area contributed by atoms with Crippen molar-refractivity contribution in [2.45, 2.75) is 25.9 Å². The van der Waals surface area contributed by atoms with Crippen molar-refractivity contribution in [3.8, 4) is 5.75 Å². The largest absolute Gasteiger partial charge is 0.507 e. The van der Waals surface area contributed by atoms with Crippen LogP contribution in [0.2, 0.25) is 0 Å². The number of rotatable bonds is 3. The summed E-state index contributed by atoms with van der Waals surface area (Å²) in [6, 6.07) is 3.46. The van der Waals surface area contributed by atoms with Gasteiger partial charge in [-0.15, -0.1) is 0 Å². The Labute approximate surface area is 111 Å². The summed E-state index contributed by atoms with van der Waals surface area (Å²) in [5, 5.41) is 9.62. The monoisotopic (exact) mass is 267 g/mol. The van der Waals surface area contributed by atoms with Crippen LogP contribution < -0.4 is 0 Å². The summed E-state index contributed by atoms with van der Waals surface area (Å²) >= 11 is 0. The fraction of sp³-hybridized carbons (Fsp3) is 0.500. The van der Waals surface area contributed by atoms with Crippen LogP contribution in [0.5, 0.6) is 5.75 Å². The molecule has 0 saturated carbocycles. The second-order valence-corrected chi connectivity index (χ2v) is 4.61. The molecule has 0 atom stereocenters. The Morgan fingerprint density at radius 3 is 2.74 bits per heavy atom. The minimum Gasteiger partial charge on any atom is -0.507 e. The molecule has 2 rings (SSSR count). The van der Waals surface area contributed by atoms with E-state index in [1.807, 2.05) is 6.92 Å². The lowest BCUT2D eigenvalue weighted by Gasteiger charge is -2.31. The van der Waals surface area contributed by atoms with Gasteiger partial charge in [0.05, 0.1) is 11.7 Å². The van der Waals surface area contributed by atoms with Gasteiger partial charge in [0.1, 0.15) is 11.6 Å². The maximum atomic E-state index is 12.9. The summed E-state index contributed by atoms with van der Waals surface area (Å²) in [5.41, 5.74) is 0.149. The van der Waals surface area contributed by atoms with Gasteiger partial charge in [-0.3, -0.25) is 4.79 Å². The van der Waals surface area contributed by atoms with Crippen molar-refractivity contribution in [3.05, 3.63) is 29.6 Å². The predicted molar refractivity (Wildman–Crippen MR) is 68.6 cm³/mol. The predicted octanol–water partition coefficient (Wildman–Crippen LogP) is 2.17. The molecule has 5 heteroatoms. The van der Waals surface area contributed by atoms with E-state index < -0.39 is 5.82 Å². The Morgan fingerprint density at radius 1 is 1.47 bits per heavy atom. The smallest absolute Gasteiger partial charge is 0.257 e. The number of hydrogen-bond donors (Lipinski definition) is 1. The van der Waals surface area contributed by atoms with Crippen molar-refractivity contribution in [2.24, 2.45) is 0 Å². The second-order valence-electron chi connectivity index (χ2n) is 4.61. The summed E-state index contributed by atoms with van der Waals surface area (Å²) in [6.45, 7) is 3.83. The molecule has 1 amide bonds. The highest BCUT2D eigenvalue weighted by molar-refractivity contribution is 5.96. The van der Waals surface area contributed by atoms with Gasteiger partial charge in [-0.05, 0) is 31.9 Å². The molecule has 0 aliphatic carbocycles. The molecule has 1 aliphatic rings. The van der Waals surface area contributed by atoms with Crippen LogP contribution in [0.25, 0.3) is 0 Å².